The zero-order valence-corrected chi connectivity index (χ0v) is 11.0. The second-order valence-corrected chi connectivity index (χ2v) is 4.11. The molecule has 0 spiro atoms. The topological polar surface area (TPSA) is 70.5 Å². The zero-order valence-electron chi connectivity index (χ0n) is 10.3. The molecule has 6 heteroatoms. The van der Waals surface area contributed by atoms with Gasteiger partial charge >= 0.3 is 0 Å². The first-order valence-electron chi connectivity index (χ1n) is 5.22. The van der Waals surface area contributed by atoms with Gasteiger partial charge in [-0.05, 0) is 18.6 Å². The molecule has 0 atom stereocenters. The second-order valence-electron chi connectivity index (χ2n) is 3.73. The fourth-order valence-electron chi connectivity index (χ4n) is 1.73. The van der Waals surface area contributed by atoms with Gasteiger partial charge in [-0.2, -0.15) is 0 Å². The van der Waals surface area contributed by atoms with Gasteiger partial charge in [-0.15, -0.1) is 0 Å². The summed E-state index contributed by atoms with van der Waals surface area (Å²) in [6.07, 6.45) is 0. The summed E-state index contributed by atoms with van der Waals surface area (Å²) >= 11 is 6.29. The number of nitrogens with two attached hydrogens (primary N) is 1. The number of nitrogens with zero attached hydrogens (tertiary/aromatic N) is 1. The van der Waals surface area contributed by atoms with Crippen molar-refractivity contribution in [3.8, 4) is 22.8 Å². The van der Waals surface area contributed by atoms with Crippen LogP contribution in [0.2, 0.25) is 5.02 Å². The van der Waals surface area contributed by atoms with E-state index in [1.807, 2.05) is 6.92 Å². The minimum Gasteiger partial charge on any atom is -0.493 e. The lowest BCUT2D eigenvalue weighted by Gasteiger charge is -2.14. The molecule has 5 nitrogen and oxygen atoms in total. The lowest BCUT2D eigenvalue weighted by atomic mass is 10.1. The largest absolute Gasteiger partial charge is 0.493 e. The molecule has 0 aliphatic rings. The summed E-state index contributed by atoms with van der Waals surface area (Å²) < 4.78 is 15.7. The first-order valence-corrected chi connectivity index (χ1v) is 5.60. The van der Waals surface area contributed by atoms with Crippen LogP contribution in [0, 0.1) is 6.92 Å². The van der Waals surface area contributed by atoms with E-state index in [0.29, 0.717) is 27.8 Å². The number of rotatable bonds is 3. The predicted molar refractivity (Wildman–Crippen MR) is 69.2 cm³/mol. The summed E-state index contributed by atoms with van der Waals surface area (Å²) in [6.45, 7) is 1.87. The summed E-state index contributed by atoms with van der Waals surface area (Å²) in [5, 5.41) is 4.16. The minimum absolute atomic E-state index is 0.281. The average molecular weight is 269 g/mol. The highest BCUT2D eigenvalue weighted by molar-refractivity contribution is 6.34. The fraction of sp³-hybridized carbons (Fsp3) is 0.250. The van der Waals surface area contributed by atoms with Crippen molar-refractivity contribution in [3.05, 3.63) is 22.7 Å². The Morgan fingerprint density at radius 2 is 2.00 bits per heavy atom. The number of hydrogen-bond donors (Lipinski definition) is 1. The van der Waals surface area contributed by atoms with E-state index >= 15 is 0 Å². The van der Waals surface area contributed by atoms with Gasteiger partial charge in [0.2, 0.25) is 0 Å². The van der Waals surface area contributed by atoms with E-state index in [2.05, 4.69) is 5.16 Å². The van der Waals surface area contributed by atoms with Crippen molar-refractivity contribution in [2.24, 2.45) is 0 Å². The molecule has 0 saturated carbocycles. The monoisotopic (exact) mass is 268 g/mol. The smallest absolute Gasteiger partial charge is 0.174 e. The average Bonchev–Trinajstić information content (AvgIpc) is 2.78. The maximum Gasteiger partial charge on any atom is 0.174 e. The molecule has 0 aliphatic carbocycles. The Balaban J connectivity index is 2.74. The quantitative estimate of drug-likeness (QED) is 0.927. The van der Waals surface area contributed by atoms with Gasteiger partial charge in [0.25, 0.3) is 0 Å². The molecule has 18 heavy (non-hydrogen) atoms. The number of anilines is 1. The molecule has 2 rings (SSSR count). The van der Waals surface area contributed by atoms with E-state index in [4.69, 9.17) is 31.3 Å². The Labute approximate surface area is 109 Å². The molecule has 0 saturated heterocycles. The third-order valence-corrected chi connectivity index (χ3v) is 3.05. The summed E-state index contributed by atoms with van der Waals surface area (Å²) in [5.41, 5.74) is 6.98. The molecule has 0 fully saturated rings. The van der Waals surface area contributed by atoms with Crippen LogP contribution in [-0.4, -0.2) is 19.4 Å². The van der Waals surface area contributed by atoms with Crippen LogP contribution in [0.1, 0.15) is 5.56 Å². The highest BCUT2D eigenvalue weighted by Crippen LogP contribution is 2.45. The standard InChI is InChI=1S/C12H13ClN2O3/c1-6-4-8(16-2)12(17-3)10(11(6)13)7-5-9(14)15-18-7/h4-5H,1-3H3,(H2,14,15). The highest BCUT2D eigenvalue weighted by atomic mass is 35.5. The van der Waals surface area contributed by atoms with Gasteiger partial charge in [0.05, 0.1) is 24.8 Å². The van der Waals surface area contributed by atoms with Crippen molar-refractivity contribution in [1.29, 1.82) is 0 Å². The van der Waals surface area contributed by atoms with Crippen LogP contribution < -0.4 is 15.2 Å². The molecule has 0 amide bonds. The van der Waals surface area contributed by atoms with Crippen LogP contribution in [0.4, 0.5) is 5.82 Å². The van der Waals surface area contributed by atoms with Crippen LogP contribution in [0.25, 0.3) is 11.3 Å². The van der Waals surface area contributed by atoms with E-state index in [-0.39, 0.29) is 5.82 Å². The molecular formula is C12H13ClN2O3. The number of nitrogen functional groups attached to an aromatic ring is 1. The summed E-state index contributed by atoms with van der Waals surface area (Å²) in [4.78, 5) is 0. The van der Waals surface area contributed by atoms with E-state index in [0.717, 1.165) is 5.56 Å². The van der Waals surface area contributed by atoms with E-state index in [1.165, 1.54) is 7.11 Å². The summed E-state index contributed by atoms with van der Waals surface area (Å²) in [6, 6.07) is 3.38. The van der Waals surface area contributed by atoms with Gasteiger partial charge in [0, 0.05) is 6.07 Å². The SMILES string of the molecule is COc1cc(C)c(Cl)c(-c2cc(N)no2)c1OC. The molecule has 1 aromatic heterocycles. The third kappa shape index (κ3) is 1.97. The van der Waals surface area contributed by atoms with Crippen LogP contribution in [-0.2, 0) is 0 Å². The number of ether oxygens (including phenoxy) is 2. The Hall–Kier alpha value is -1.88. The molecule has 1 heterocycles. The van der Waals surface area contributed by atoms with Crippen molar-refractivity contribution >= 4 is 17.4 Å². The molecular weight excluding hydrogens is 256 g/mol. The van der Waals surface area contributed by atoms with Crippen molar-refractivity contribution in [2.45, 2.75) is 6.92 Å². The number of aromatic nitrogens is 1. The second kappa shape index (κ2) is 4.78. The van der Waals surface area contributed by atoms with Gasteiger partial charge in [-0.25, -0.2) is 0 Å². The summed E-state index contributed by atoms with van der Waals surface area (Å²) in [7, 11) is 3.09. The highest BCUT2D eigenvalue weighted by Gasteiger charge is 2.21. The molecule has 1 aromatic carbocycles. The molecule has 0 radical (unpaired) electrons. The van der Waals surface area contributed by atoms with Crippen molar-refractivity contribution in [2.75, 3.05) is 20.0 Å². The number of halogens is 1. The molecule has 96 valence electrons. The van der Waals surface area contributed by atoms with Gasteiger partial charge in [0.15, 0.2) is 23.1 Å². The van der Waals surface area contributed by atoms with Crippen LogP contribution in [0.5, 0.6) is 11.5 Å². The molecule has 0 bridgehead atoms. The molecule has 2 N–H and O–H groups in total. The van der Waals surface area contributed by atoms with Gasteiger partial charge in [-0.3, -0.25) is 0 Å². The minimum atomic E-state index is 0.281. The Morgan fingerprint density at radius 3 is 2.50 bits per heavy atom. The molecule has 2 aromatic rings. The van der Waals surface area contributed by atoms with Crippen molar-refractivity contribution in [1.82, 2.24) is 5.16 Å². The normalized spacial score (nSPS) is 10.4. The maximum absolute atomic E-state index is 6.29. The first-order chi connectivity index (χ1) is 8.58. The predicted octanol–water partition coefficient (Wildman–Crippen LogP) is 2.90. The molecule has 0 unspecified atom stereocenters. The number of benzene rings is 1. The van der Waals surface area contributed by atoms with Crippen LogP contribution in [0.15, 0.2) is 16.7 Å². The van der Waals surface area contributed by atoms with Crippen LogP contribution >= 0.6 is 11.6 Å². The Morgan fingerprint density at radius 1 is 1.28 bits per heavy atom. The summed E-state index contributed by atoms with van der Waals surface area (Å²) in [5.74, 6) is 1.79. The van der Waals surface area contributed by atoms with E-state index in [9.17, 15) is 0 Å². The fourth-order valence-corrected chi connectivity index (χ4v) is 1.96. The zero-order chi connectivity index (χ0) is 13.3. The number of aryl methyl sites for hydroxylation is 1. The van der Waals surface area contributed by atoms with Crippen LogP contribution in [0.3, 0.4) is 0 Å². The van der Waals surface area contributed by atoms with Crippen molar-refractivity contribution in [3.63, 3.8) is 0 Å². The number of hydrogen-bond acceptors (Lipinski definition) is 5. The van der Waals surface area contributed by atoms with E-state index < -0.39 is 0 Å². The van der Waals surface area contributed by atoms with Gasteiger partial charge in [-0.1, -0.05) is 16.8 Å². The Kier molecular flexibility index (Phi) is 3.34. The maximum atomic E-state index is 6.29. The van der Waals surface area contributed by atoms with Gasteiger partial charge < -0.3 is 19.7 Å². The first kappa shape index (κ1) is 12.6. The lowest BCUT2D eigenvalue weighted by Crippen LogP contribution is -1.95. The van der Waals surface area contributed by atoms with Gasteiger partial charge in [0.1, 0.15) is 0 Å². The van der Waals surface area contributed by atoms with E-state index in [1.54, 1.807) is 19.2 Å². The molecule has 0 aliphatic heterocycles. The third-order valence-electron chi connectivity index (χ3n) is 2.56. The Bertz CT molecular complexity index is 581. The van der Waals surface area contributed by atoms with Crippen molar-refractivity contribution < 1.29 is 14.0 Å². The lowest BCUT2D eigenvalue weighted by molar-refractivity contribution is 0.353. The number of methoxy groups -OCH3 is 2.